The minimum absolute atomic E-state index is 0.259. The number of halogens is 2. The fourth-order valence-corrected chi connectivity index (χ4v) is 3.52. The molecular formula is C13H11BrFNO2S2. The summed E-state index contributed by atoms with van der Waals surface area (Å²) in [6, 6.07) is 9.30. The Labute approximate surface area is 129 Å². The second kappa shape index (κ2) is 5.75. The Balaban J connectivity index is 2.29. The third kappa shape index (κ3) is 3.53. The van der Waals surface area contributed by atoms with Gasteiger partial charge in [-0.05, 0) is 52.3 Å². The quantitative estimate of drug-likeness (QED) is 0.830. The van der Waals surface area contributed by atoms with Crippen LogP contribution < -0.4 is 5.73 Å². The highest BCUT2D eigenvalue weighted by atomic mass is 79.9. The normalized spacial score (nSPS) is 11.6. The maximum atomic E-state index is 13.3. The largest absolute Gasteiger partial charge is 0.398 e. The summed E-state index contributed by atoms with van der Waals surface area (Å²) in [6.45, 7) is 0. The molecule has 7 heteroatoms. The summed E-state index contributed by atoms with van der Waals surface area (Å²) in [7, 11) is -3.20. The van der Waals surface area contributed by atoms with E-state index in [-0.39, 0.29) is 4.90 Å². The Morgan fingerprint density at radius 3 is 2.35 bits per heavy atom. The molecular weight excluding hydrogens is 365 g/mol. The standard InChI is InChI=1S/C13H11BrFNO2S2/c1-20(17,18)9-4-2-8(3-5-9)19-13-6-10(14)11(15)7-12(13)16/h2-7H,16H2,1H3. The van der Waals surface area contributed by atoms with Gasteiger partial charge in [-0.15, -0.1) is 0 Å². The summed E-state index contributed by atoms with van der Waals surface area (Å²) in [5.41, 5.74) is 6.10. The average Bonchev–Trinajstić information content (AvgIpc) is 2.35. The molecule has 3 nitrogen and oxygen atoms in total. The van der Waals surface area contributed by atoms with Crippen molar-refractivity contribution in [2.24, 2.45) is 0 Å². The van der Waals surface area contributed by atoms with Gasteiger partial charge >= 0.3 is 0 Å². The zero-order valence-corrected chi connectivity index (χ0v) is 13.6. The highest BCUT2D eigenvalue weighted by Crippen LogP contribution is 2.35. The SMILES string of the molecule is CS(=O)(=O)c1ccc(Sc2cc(Br)c(F)cc2N)cc1. The number of anilines is 1. The van der Waals surface area contributed by atoms with Crippen molar-refractivity contribution in [3.05, 3.63) is 46.7 Å². The van der Waals surface area contributed by atoms with Crippen molar-refractivity contribution in [3.8, 4) is 0 Å². The molecule has 0 fully saturated rings. The molecule has 0 amide bonds. The molecule has 0 aliphatic heterocycles. The lowest BCUT2D eigenvalue weighted by Crippen LogP contribution is -1.96. The summed E-state index contributed by atoms with van der Waals surface area (Å²) in [5.74, 6) is -0.417. The summed E-state index contributed by atoms with van der Waals surface area (Å²) in [4.78, 5) is 1.78. The first kappa shape index (κ1) is 15.3. The predicted molar refractivity (Wildman–Crippen MR) is 82.2 cm³/mol. The van der Waals surface area contributed by atoms with Crippen molar-refractivity contribution < 1.29 is 12.8 Å². The summed E-state index contributed by atoms with van der Waals surface area (Å²) < 4.78 is 36.3. The molecule has 0 aliphatic rings. The van der Waals surface area contributed by atoms with E-state index in [9.17, 15) is 12.8 Å². The lowest BCUT2D eigenvalue weighted by molar-refractivity contribution is 0.602. The summed E-state index contributed by atoms with van der Waals surface area (Å²) in [5, 5.41) is 0. The van der Waals surface area contributed by atoms with Crippen LogP contribution in [0.15, 0.2) is 55.6 Å². The second-order valence-corrected chi connectivity index (χ2v) is 8.14. The van der Waals surface area contributed by atoms with E-state index in [1.165, 1.54) is 30.0 Å². The molecule has 0 saturated heterocycles. The van der Waals surface area contributed by atoms with Gasteiger partial charge in [0.25, 0.3) is 0 Å². The molecule has 0 aromatic heterocycles. The van der Waals surface area contributed by atoms with Crippen molar-refractivity contribution >= 4 is 43.2 Å². The first-order valence-corrected chi connectivity index (χ1v) is 9.00. The first-order chi connectivity index (χ1) is 9.27. The van der Waals surface area contributed by atoms with E-state index in [0.29, 0.717) is 15.1 Å². The highest BCUT2D eigenvalue weighted by molar-refractivity contribution is 9.10. The van der Waals surface area contributed by atoms with E-state index < -0.39 is 15.7 Å². The van der Waals surface area contributed by atoms with Crippen molar-refractivity contribution in [2.75, 3.05) is 12.0 Å². The molecule has 0 spiro atoms. The third-order valence-corrected chi connectivity index (χ3v) is 5.35. The molecule has 0 saturated carbocycles. The van der Waals surface area contributed by atoms with Gasteiger partial charge in [0.2, 0.25) is 0 Å². The van der Waals surface area contributed by atoms with Crippen LogP contribution in [0.5, 0.6) is 0 Å². The molecule has 2 N–H and O–H groups in total. The fourth-order valence-electron chi connectivity index (χ4n) is 1.51. The number of rotatable bonds is 3. The van der Waals surface area contributed by atoms with Gasteiger partial charge in [0.1, 0.15) is 5.82 Å². The molecule has 0 heterocycles. The van der Waals surface area contributed by atoms with Gasteiger partial charge in [-0.1, -0.05) is 11.8 Å². The van der Waals surface area contributed by atoms with Crippen LogP contribution in [0, 0.1) is 5.82 Å². The lowest BCUT2D eigenvalue weighted by Gasteiger charge is -2.07. The maximum absolute atomic E-state index is 13.3. The molecule has 0 unspecified atom stereocenters. The third-order valence-electron chi connectivity index (χ3n) is 2.53. The van der Waals surface area contributed by atoms with Crippen molar-refractivity contribution in [1.29, 1.82) is 0 Å². The van der Waals surface area contributed by atoms with Gasteiger partial charge in [-0.3, -0.25) is 0 Å². The molecule has 0 bridgehead atoms. The monoisotopic (exact) mass is 375 g/mol. The number of nitrogen functional groups attached to an aromatic ring is 1. The number of benzene rings is 2. The van der Waals surface area contributed by atoms with Crippen LogP contribution in [0.4, 0.5) is 10.1 Å². The maximum Gasteiger partial charge on any atom is 0.175 e. The Morgan fingerprint density at radius 1 is 1.20 bits per heavy atom. The molecule has 2 rings (SSSR count). The topological polar surface area (TPSA) is 60.2 Å². The Hall–Kier alpha value is -1.05. The van der Waals surface area contributed by atoms with Gasteiger partial charge in [0.05, 0.1) is 9.37 Å². The van der Waals surface area contributed by atoms with E-state index in [0.717, 1.165) is 11.2 Å². The second-order valence-electron chi connectivity index (χ2n) is 4.15. The Morgan fingerprint density at radius 2 is 1.80 bits per heavy atom. The number of nitrogens with two attached hydrogens (primary N) is 1. The van der Waals surface area contributed by atoms with Crippen LogP contribution in [-0.2, 0) is 9.84 Å². The highest BCUT2D eigenvalue weighted by Gasteiger charge is 2.09. The van der Waals surface area contributed by atoms with E-state index >= 15 is 0 Å². The van der Waals surface area contributed by atoms with Crippen LogP contribution in [0.25, 0.3) is 0 Å². The lowest BCUT2D eigenvalue weighted by atomic mass is 10.3. The van der Waals surface area contributed by atoms with Gasteiger partial charge in [-0.2, -0.15) is 0 Å². The van der Waals surface area contributed by atoms with Gasteiger partial charge in [0.15, 0.2) is 9.84 Å². The van der Waals surface area contributed by atoms with Gasteiger partial charge < -0.3 is 5.73 Å². The molecule has 0 atom stereocenters. The first-order valence-electron chi connectivity index (χ1n) is 5.50. The number of sulfone groups is 1. The van der Waals surface area contributed by atoms with Crippen LogP contribution in [0.2, 0.25) is 0 Å². The molecule has 0 aliphatic carbocycles. The van der Waals surface area contributed by atoms with E-state index in [1.54, 1.807) is 18.2 Å². The number of hydrogen-bond acceptors (Lipinski definition) is 4. The summed E-state index contributed by atoms with van der Waals surface area (Å²) >= 11 is 4.45. The average molecular weight is 376 g/mol. The van der Waals surface area contributed by atoms with Gasteiger partial charge in [0, 0.05) is 21.7 Å². The molecule has 20 heavy (non-hydrogen) atoms. The van der Waals surface area contributed by atoms with Crippen LogP contribution in [0.3, 0.4) is 0 Å². The van der Waals surface area contributed by atoms with Gasteiger partial charge in [-0.25, -0.2) is 12.8 Å². The van der Waals surface area contributed by atoms with E-state index in [1.807, 2.05) is 0 Å². The van der Waals surface area contributed by atoms with E-state index in [2.05, 4.69) is 15.9 Å². The van der Waals surface area contributed by atoms with Crippen molar-refractivity contribution in [1.82, 2.24) is 0 Å². The molecule has 0 radical (unpaired) electrons. The Kier molecular flexibility index (Phi) is 4.41. The minimum Gasteiger partial charge on any atom is -0.398 e. The van der Waals surface area contributed by atoms with Crippen LogP contribution in [-0.4, -0.2) is 14.7 Å². The Bertz CT molecular complexity index is 746. The van der Waals surface area contributed by atoms with Crippen LogP contribution >= 0.6 is 27.7 Å². The van der Waals surface area contributed by atoms with Crippen LogP contribution in [0.1, 0.15) is 0 Å². The summed E-state index contributed by atoms with van der Waals surface area (Å²) in [6.07, 6.45) is 1.16. The fraction of sp³-hybridized carbons (Fsp3) is 0.0769. The zero-order valence-electron chi connectivity index (χ0n) is 10.4. The predicted octanol–water partition coefficient (Wildman–Crippen LogP) is 3.73. The molecule has 2 aromatic carbocycles. The zero-order chi connectivity index (χ0) is 14.9. The number of hydrogen-bond donors (Lipinski definition) is 1. The minimum atomic E-state index is -3.20. The van der Waals surface area contributed by atoms with Crippen molar-refractivity contribution in [3.63, 3.8) is 0 Å². The molecule has 2 aromatic rings. The van der Waals surface area contributed by atoms with E-state index in [4.69, 9.17) is 5.73 Å². The smallest absolute Gasteiger partial charge is 0.175 e. The van der Waals surface area contributed by atoms with Crippen molar-refractivity contribution in [2.45, 2.75) is 14.7 Å². The molecule has 106 valence electrons.